The van der Waals surface area contributed by atoms with Crippen LogP contribution in [-0.4, -0.2) is 35.3 Å². The molecule has 0 atom stereocenters. The molecule has 6 nitrogen and oxygen atoms in total. The number of hydrogen-bond acceptors (Lipinski definition) is 6. The summed E-state index contributed by atoms with van der Waals surface area (Å²) in [4.78, 5) is 11.3. The number of methoxy groups -OCH3 is 1. The van der Waals surface area contributed by atoms with E-state index < -0.39 is 0 Å². The summed E-state index contributed by atoms with van der Waals surface area (Å²) >= 11 is 0. The number of nitrogens with zero attached hydrogens (tertiary/aromatic N) is 4. The first-order chi connectivity index (χ1) is 11.8. The molecule has 0 saturated carbocycles. The van der Waals surface area contributed by atoms with Crippen LogP contribution in [0, 0.1) is 6.92 Å². The van der Waals surface area contributed by atoms with Gasteiger partial charge in [0.1, 0.15) is 11.6 Å². The van der Waals surface area contributed by atoms with Gasteiger partial charge in [-0.25, -0.2) is 4.98 Å². The molecular weight excluding hydrogens is 304 g/mol. The number of pyridine rings is 1. The van der Waals surface area contributed by atoms with E-state index in [0.717, 1.165) is 54.1 Å². The van der Waals surface area contributed by atoms with Crippen molar-refractivity contribution in [3.8, 4) is 5.75 Å². The molecule has 0 bridgehead atoms. The molecule has 0 N–H and O–H groups in total. The third-order valence-electron chi connectivity index (χ3n) is 4.67. The van der Waals surface area contributed by atoms with Crippen molar-refractivity contribution in [3.05, 3.63) is 42.2 Å². The fourth-order valence-electron chi connectivity index (χ4n) is 3.42. The van der Waals surface area contributed by atoms with E-state index in [0.29, 0.717) is 11.8 Å². The van der Waals surface area contributed by atoms with Crippen molar-refractivity contribution in [2.24, 2.45) is 0 Å². The first-order valence-electron chi connectivity index (χ1n) is 8.23. The van der Waals surface area contributed by atoms with Crippen LogP contribution in [0.3, 0.4) is 0 Å². The first kappa shape index (κ1) is 14.9. The zero-order valence-corrected chi connectivity index (χ0v) is 13.9. The molecule has 1 saturated heterocycles. The van der Waals surface area contributed by atoms with Gasteiger partial charge >= 0.3 is 0 Å². The number of aryl methyl sites for hydroxylation is 1. The number of aromatic nitrogens is 3. The molecule has 2 aromatic heterocycles. The highest BCUT2D eigenvalue weighted by Crippen LogP contribution is 2.34. The Morgan fingerprint density at radius 2 is 2.00 bits per heavy atom. The molecule has 4 rings (SSSR count). The van der Waals surface area contributed by atoms with Gasteiger partial charge < -0.3 is 14.2 Å². The van der Waals surface area contributed by atoms with Crippen LogP contribution in [0.2, 0.25) is 0 Å². The summed E-state index contributed by atoms with van der Waals surface area (Å²) in [5.41, 5.74) is 0. The molecule has 1 fully saturated rings. The highest BCUT2D eigenvalue weighted by Gasteiger charge is 2.25. The summed E-state index contributed by atoms with van der Waals surface area (Å²) in [5.74, 6) is 3.74. The molecule has 1 aliphatic rings. The maximum absolute atomic E-state index is 5.47. The van der Waals surface area contributed by atoms with Gasteiger partial charge in [-0.1, -0.05) is 17.3 Å². The number of benzene rings is 1. The zero-order chi connectivity index (χ0) is 16.5. The molecule has 0 spiro atoms. The molecule has 3 aromatic rings. The lowest BCUT2D eigenvalue weighted by atomic mass is 9.96. The first-order valence-corrected chi connectivity index (χ1v) is 8.23. The molecule has 0 radical (unpaired) electrons. The van der Waals surface area contributed by atoms with Crippen LogP contribution < -0.4 is 9.64 Å². The molecule has 0 aliphatic carbocycles. The third-order valence-corrected chi connectivity index (χ3v) is 4.67. The largest absolute Gasteiger partial charge is 0.496 e. The predicted molar refractivity (Wildman–Crippen MR) is 91.5 cm³/mol. The van der Waals surface area contributed by atoms with E-state index in [2.05, 4.69) is 26.1 Å². The van der Waals surface area contributed by atoms with Crippen LogP contribution in [0.4, 0.5) is 5.82 Å². The van der Waals surface area contributed by atoms with Crippen LogP contribution >= 0.6 is 0 Å². The minimum Gasteiger partial charge on any atom is -0.496 e. The Balaban J connectivity index is 1.59. The highest BCUT2D eigenvalue weighted by molar-refractivity contribution is 5.96. The smallest absolute Gasteiger partial charge is 0.223 e. The van der Waals surface area contributed by atoms with Gasteiger partial charge in [0, 0.05) is 42.9 Å². The summed E-state index contributed by atoms with van der Waals surface area (Å²) in [5, 5.41) is 6.30. The number of hydrogen-bond donors (Lipinski definition) is 0. The molecule has 6 heteroatoms. The van der Waals surface area contributed by atoms with Crippen LogP contribution in [-0.2, 0) is 0 Å². The Hall–Kier alpha value is -2.63. The van der Waals surface area contributed by atoms with Crippen molar-refractivity contribution in [1.29, 1.82) is 0 Å². The van der Waals surface area contributed by atoms with Gasteiger partial charge in [-0.3, -0.25) is 0 Å². The van der Waals surface area contributed by atoms with Gasteiger partial charge in [0.15, 0.2) is 5.82 Å². The third kappa shape index (κ3) is 2.58. The number of anilines is 1. The van der Waals surface area contributed by atoms with Crippen LogP contribution in [0.1, 0.15) is 30.5 Å². The molecule has 24 heavy (non-hydrogen) atoms. The average molecular weight is 324 g/mol. The van der Waals surface area contributed by atoms with E-state index >= 15 is 0 Å². The van der Waals surface area contributed by atoms with Gasteiger partial charge in [-0.2, -0.15) is 4.98 Å². The Bertz CT molecular complexity index is 853. The molecule has 3 heterocycles. The zero-order valence-electron chi connectivity index (χ0n) is 13.9. The summed E-state index contributed by atoms with van der Waals surface area (Å²) < 4.78 is 10.6. The standard InChI is InChI=1S/C18H20N4O2/c1-12-20-17(21-24-12)13-7-10-22(11-8-13)18-15-4-3-5-16(23-2)14(15)6-9-19-18/h3-6,9,13H,7-8,10-11H2,1-2H3. The lowest BCUT2D eigenvalue weighted by Gasteiger charge is -2.32. The Kier molecular flexibility index (Phi) is 3.80. The molecular formula is C18H20N4O2. The van der Waals surface area contributed by atoms with Gasteiger partial charge in [0.2, 0.25) is 5.89 Å². The maximum atomic E-state index is 5.47. The second-order valence-corrected chi connectivity index (χ2v) is 6.12. The normalized spacial score (nSPS) is 15.8. The Morgan fingerprint density at radius 1 is 1.17 bits per heavy atom. The van der Waals surface area contributed by atoms with Crippen molar-refractivity contribution in [2.75, 3.05) is 25.1 Å². The number of piperidine rings is 1. The second kappa shape index (κ2) is 6.11. The van der Waals surface area contributed by atoms with Crippen LogP contribution in [0.15, 0.2) is 35.0 Å². The van der Waals surface area contributed by atoms with E-state index in [9.17, 15) is 0 Å². The van der Waals surface area contributed by atoms with E-state index in [1.54, 1.807) is 7.11 Å². The fraction of sp³-hybridized carbons (Fsp3) is 0.389. The molecule has 0 amide bonds. The fourth-order valence-corrected chi connectivity index (χ4v) is 3.42. The highest BCUT2D eigenvalue weighted by atomic mass is 16.5. The van der Waals surface area contributed by atoms with Crippen molar-refractivity contribution < 1.29 is 9.26 Å². The predicted octanol–water partition coefficient (Wildman–Crippen LogP) is 3.32. The summed E-state index contributed by atoms with van der Waals surface area (Å²) in [7, 11) is 1.70. The quantitative estimate of drug-likeness (QED) is 0.736. The minimum atomic E-state index is 0.364. The molecule has 1 aromatic carbocycles. The number of fused-ring (bicyclic) bond motifs is 1. The van der Waals surface area contributed by atoms with Gasteiger partial charge in [-0.15, -0.1) is 0 Å². The minimum absolute atomic E-state index is 0.364. The van der Waals surface area contributed by atoms with Gasteiger partial charge in [0.05, 0.1) is 7.11 Å². The van der Waals surface area contributed by atoms with Crippen molar-refractivity contribution in [3.63, 3.8) is 0 Å². The summed E-state index contributed by atoms with van der Waals surface area (Å²) in [6.07, 6.45) is 3.86. The Morgan fingerprint density at radius 3 is 2.71 bits per heavy atom. The van der Waals surface area contributed by atoms with Gasteiger partial charge in [0.25, 0.3) is 0 Å². The van der Waals surface area contributed by atoms with E-state index in [4.69, 9.17) is 9.26 Å². The number of rotatable bonds is 3. The Labute approximate surface area is 140 Å². The summed E-state index contributed by atoms with van der Waals surface area (Å²) in [6.45, 7) is 3.70. The lowest BCUT2D eigenvalue weighted by Crippen LogP contribution is -2.33. The van der Waals surface area contributed by atoms with Crippen molar-refractivity contribution >= 4 is 16.6 Å². The van der Waals surface area contributed by atoms with Crippen LogP contribution in [0.5, 0.6) is 5.75 Å². The maximum Gasteiger partial charge on any atom is 0.223 e. The average Bonchev–Trinajstić information content (AvgIpc) is 3.07. The topological polar surface area (TPSA) is 64.3 Å². The van der Waals surface area contributed by atoms with E-state index in [1.807, 2.05) is 31.3 Å². The van der Waals surface area contributed by atoms with Gasteiger partial charge in [-0.05, 0) is 25.0 Å². The van der Waals surface area contributed by atoms with Crippen LogP contribution in [0.25, 0.3) is 10.8 Å². The van der Waals surface area contributed by atoms with Crippen molar-refractivity contribution in [1.82, 2.24) is 15.1 Å². The lowest BCUT2D eigenvalue weighted by molar-refractivity contribution is 0.375. The van der Waals surface area contributed by atoms with Crippen molar-refractivity contribution in [2.45, 2.75) is 25.7 Å². The SMILES string of the molecule is COc1cccc2c(N3CCC(c4noc(C)n4)CC3)nccc12. The molecule has 0 unspecified atom stereocenters. The van der Waals surface area contributed by atoms with E-state index in [-0.39, 0.29) is 0 Å². The van der Waals surface area contributed by atoms with E-state index in [1.165, 1.54) is 0 Å². The molecule has 124 valence electrons. The summed E-state index contributed by atoms with van der Waals surface area (Å²) in [6, 6.07) is 8.11. The number of ether oxygens (including phenoxy) is 1. The molecule has 1 aliphatic heterocycles. The monoisotopic (exact) mass is 324 g/mol. The second-order valence-electron chi connectivity index (χ2n) is 6.12.